The topological polar surface area (TPSA) is 100 Å². The fourth-order valence-corrected chi connectivity index (χ4v) is 5.16. The summed E-state index contributed by atoms with van der Waals surface area (Å²) in [5.41, 5.74) is 3.77. The highest BCUT2D eigenvalue weighted by atomic mass is 32.2. The van der Waals surface area contributed by atoms with Gasteiger partial charge in [-0.25, -0.2) is 9.79 Å². The monoisotopic (exact) mass is 506 g/mol. The molecule has 4 amide bonds. The summed E-state index contributed by atoms with van der Waals surface area (Å²) in [6.07, 6.45) is 5.75. The van der Waals surface area contributed by atoms with Crippen molar-refractivity contribution in [3.8, 4) is 5.75 Å². The first kappa shape index (κ1) is 25.5. The summed E-state index contributed by atoms with van der Waals surface area (Å²) >= 11 is 1.12. The van der Waals surface area contributed by atoms with Crippen LogP contribution in [0.2, 0.25) is 0 Å². The average Bonchev–Trinajstić information content (AvgIpc) is 3.45. The Morgan fingerprint density at radius 3 is 2.42 bits per heavy atom. The van der Waals surface area contributed by atoms with Gasteiger partial charge in [0.1, 0.15) is 11.4 Å². The van der Waals surface area contributed by atoms with Crippen molar-refractivity contribution >= 4 is 46.5 Å². The van der Waals surface area contributed by atoms with E-state index in [1.165, 1.54) is 4.90 Å². The summed E-state index contributed by atoms with van der Waals surface area (Å²) in [5.74, 6) is -0.0628. The number of methoxy groups -OCH3 is 1. The van der Waals surface area contributed by atoms with Gasteiger partial charge in [-0.1, -0.05) is 42.8 Å². The molecule has 8 nitrogen and oxygen atoms in total. The largest absolute Gasteiger partial charge is 0.497 e. The molecule has 0 bridgehead atoms. The predicted molar refractivity (Wildman–Crippen MR) is 143 cm³/mol. The number of nitrogens with zero attached hydrogens (tertiary/aromatic N) is 2. The number of carbonyl (C=O) groups is 3. The Bertz CT molecular complexity index is 1200. The lowest BCUT2D eigenvalue weighted by atomic mass is 10.1. The second kappa shape index (κ2) is 11.4. The second-order valence-electron chi connectivity index (χ2n) is 8.98. The van der Waals surface area contributed by atoms with E-state index in [9.17, 15) is 14.4 Å². The molecule has 36 heavy (non-hydrogen) atoms. The van der Waals surface area contributed by atoms with Crippen LogP contribution in [0.1, 0.15) is 42.4 Å². The van der Waals surface area contributed by atoms with Crippen LogP contribution < -0.4 is 20.3 Å². The Labute approximate surface area is 215 Å². The van der Waals surface area contributed by atoms with Crippen molar-refractivity contribution in [3.05, 3.63) is 64.9 Å². The molecule has 1 saturated carbocycles. The molecule has 1 aliphatic carbocycles. The third-order valence-electron chi connectivity index (χ3n) is 5.99. The highest BCUT2D eigenvalue weighted by Gasteiger charge is 2.33. The molecule has 1 heterocycles. The zero-order valence-corrected chi connectivity index (χ0v) is 21.5. The fraction of sp³-hybridized carbons (Fsp3) is 0.333. The summed E-state index contributed by atoms with van der Waals surface area (Å²) < 4.78 is 5.20. The van der Waals surface area contributed by atoms with Gasteiger partial charge in [-0.15, -0.1) is 0 Å². The molecule has 0 unspecified atom stereocenters. The molecule has 188 valence electrons. The summed E-state index contributed by atoms with van der Waals surface area (Å²) in [7, 11) is 1.60. The van der Waals surface area contributed by atoms with E-state index in [-0.39, 0.29) is 23.4 Å². The van der Waals surface area contributed by atoms with E-state index in [4.69, 9.17) is 4.74 Å². The zero-order chi connectivity index (χ0) is 25.7. The van der Waals surface area contributed by atoms with Crippen LogP contribution >= 0.6 is 11.8 Å². The number of ether oxygens (including phenoxy) is 1. The van der Waals surface area contributed by atoms with E-state index in [1.54, 1.807) is 13.2 Å². The number of amides is 4. The maximum absolute atomic E-state index is 13.4. The lowest BCUT2D eigenvalue weighted by molar-refractivity contribution is -0.117. The number of imide groups is 1. The Morgan fingerprint density at radius 1 is 1.11 bits per heavy atom. The summed E-state index contributed by atoms with van der Waals surface area (Å²) in [6, 6.07) is 12.8. The minimum atomic E-state index is -0.483. The van der Waals surface area contributed by atoms with E-state index in [2.05, 4.69) is 15.6 Å². The predicted octanol–water partition coefficient (Wildman–Crippen LogP) is 4.56. The Balaban J connectivity index is 1.52. The number of anilines is 1. The molecular formula is C27H30N4O4S. The minimum Gasteiger partial charge on any atom is -0.497 e. The third kappa shape index (κ3) is 6.34. The third-order valence-corrected chi connectivity index (χ3v) is 6.93. The van der Waals surface area contributed by atoms with Crippen molar-refractivity contribution in [3.63, 3.8) is 0 Å². The highest BCUT2D eigenvalue weighted by Crippen LogP contribution is 2.31. The standard InChI is InChI=1S/C27H30N4O4S/c1-17-12-18(2)14-21(13-17)31-25(33)23(15-19-8-10-22(35-3)11-9-19)29-27(31)36-16-24(32)30-26(34)28-20-6-4-5-7-20/h8-15,20H,4-7,16H2,1-3H3,(H2,28,30,32,34)/b23-15-. The van der Waals surface area contributed by atoms with Gasteiger partial charge in [-0.3, -0.25) is 19.8 Å². The number of rotatable bonds is 6. The molecule has 0 radical (unpaired) electrons. The second-order valence-corrected chi connectivity index (χ2v) is 9.92. The first-order valence-corrected chi connectivity index (χ1v) is 12.9. The molecule has 1 aliphatic heterocycles. The van der Waals surface area contributed by atoms with Crippen molar-refractivity contribution in [1.29, 1.82) is 0 Å². The number of aryl methyl sites for hydroxylation is 2. The molecule has 0 aromatic heterocycles. The number of hydrogen-bond donors (Lipinski definition) is 2. The zero-order valence-electron chi connectivity index (χ0n) is 20.7. The number of nitrogens with one attached hydrogen (secondary N) is 2. The normalized spacial score (nSPS) is 16.9. The van der Waals surface area contributed by atoms with Crippen molar-refractivity contribution in [2.45, 2.75) is 45.6 Å². The number of carbonyl (C=O) groups excluding carboxylic acids is 3. The van der Waals surface area contributed by atoms with Gasteiger partial charge in [0.2, 0.25) is 5.91 Å². The molecular weight excluding hydrogens is 476 g/mol. The van der Waals surface area contributed by atoms with E-state index >= 15 is 0 Å². The van der Waals surface area contributed by atoms with Gasteiger partial charge in [-0.05, 0) is 73.7 Å². The first-order valence-electron chi connectivity index (χ1n) is 11.9. The molecule has 2 aromatic rings. The number of thioether (sulfide) groups is 1. The number of hydrogen-bond acceptors (Lipinski definition) is 6. The van der Waals surface area contributed by atoms with Crippen LogP contribution in [0.15, 0.2) is 53.2 Å². The molecule has 2 N–H and O–H groups in total. The number of aliphatic imine (C=N–C) groups is 1. The minimum absolute atomic E-state index is 0.0543. The fourth-order valence-electron chi connectivity index (χ4n) is 4.34. The Morgan fingerprint density at radius 2 is 1.78 bits per heavy atom. The van der Waals surface area contributed by atoms with Crippen LogP contribution in [-0.2, 0) is 9.59 Å². The van der Waals surface area contributed by atoms with Crippen molar-refractivity contribution < 1.29 is 19.1 Å². The Hall–Kier alpha value is -3.59. The Kier molecular flexibility index (Phi) is 8.10. The number of amidine groups is 1. The molecule has 1 fully saturated rings. The SMILES string of the molecule is COc1ccc(/C=C2\N=C(SCC(=O)NC(=O)NC3CCCC3)N(c3cc(C)cc(C)c3)C2=O)cc1. The quantitative estimate of drug-likeness (QED) is 0.560. The molecule has 0 saturated heterocycles. The lowest BCUT2D eigenvalue weighted by Gasteiger charge is -2.19. The van der Waals surface area contributed by atoms with Gasteiger partial charge < -0.3 is 10.1 Å². The van der Waals surface area contributed by atoms with Gasteiger partial charge in [0, 0.05) is 6.04 Å². The van der Waals surface area contributed by atoms with Crippen molar-refractivity contribution in [2.75, 3.05) is 17.8 Å². The average molecular weight is 507 g/mol. The smallest absolute Gasteiger partial charge is 0.321 e. The lowest BCUT2D eigenvalue weighted by Crippen LogP contribution is -2.44. The number of benzene rings is 2. The van der Waals surface area contributed by atoms with Crippen LogP contribution in [0.5, 0.6) is 5.75 Å². The van der Waals surface area contributed by atoms with Crippen LogP contribution in [0, 0.1) is 13.8 Å². The molecule has 2 aliphatic rings. The van der Waals surface area contributed by atoms with E-state index < -0.39 is 11.9 Å². The molecule has 2 aromatic carbocycles. The maximum Gasteiger partial charge on any atom is 0.321 e. The van der Waals surface area contributed by atoms with E-state index in [1.807, 2.05) is 56.3 Å². The van der Waals surface area contributed by atoms with E-state index in [0.29, 0.717) is 10.9 Å². The van der Waals surface area contributed by atoms with Gasteiger partial charge >= 0.3 is 6.03 Å². The van der Waals surface area contributed by atoms with Crippen LogP contribution in [0.3, 0.4) is 0 Å². The molecule has 0 spiro atoms. The maximum atomic E-state index is 13.4. The van der Waals surface area contributed by atoms with Crippen LogP contribution in [-0.4, -0.2) is 41.9 Å². The van der Waals surface area contributed by atoms with Gasteiger partial charge in [0.15, 0.2) is 5.17 Å². The highest BCUT2D eigenvalue weighted by molar-refractivity contribution is 8.14. The molecule has 4 rings (SSSR count). The van der Waals surface area contributed by atoms with Gasteiger partial charge in [0.25, 0.3) is 5.91 Å². The van der Waals surface area contributed by atoms with Crippen molar-refractivity contribution in [1.82, 2.24) is 10.6 Å². The summed E-state index contributed by atoms with van der Waals surface area (Å²) in [6.45, 7) is 3.93. The van der Waals surface area contributed by atoms with Crippen LogP contribution in [0.25, 0.3) is 6.08 Å². The van der Waals surface area contributed by atoms with E-state index in [0.717, 1.165) is 59.9 Å². The summed E-state index contributed by atoms with van der Waals surface area (Å²) in [4.78, 5) is 44.1. The molecule has 9 heteroatoms. The number of urea groups is 1. The van der Waals surface area contributed by atoms with Crippen molar-refractivity contribution in [2.24, 2.45) is 4.99 Å². The molecule has 0 atom stereocenters. The first-order chi connectivity index (χ1) is 17.3. The van der Waals surface area contributed by atoms with Gasteiger partial charge in [-0.2, -0.15) is 0 Å². The summed E-state index contributed by atoms with van der Waals surface area (Å²) in [5, 5.41) is 5.61. The van der Waals surface area contributed by atoms with Crippen LogP contribution in [0.4, 0.5) is 10.5 Å². The van der Waals surface area contributed by atoms with Gasteiger partial charge in [0.05, 0.1) is 18.6 Å².